The molecule has 0 aliphatic rings. The summed E-state index contributed by atoms with van der Waals surface area (Å²) >= 11 is 0.926. The van der Waals surface area contributed by atoms with Crippen molar-refractivity contribution in [1.29, 1.82) is 0 Å². The fraction of sp³-hybridized carbons (Fsp3) is 0.0714. The van der Waals surface area contributed by atoms with E-state index >= 15 is 0 Å². The highest BCUT2D eigenvalue weighted by molar-refractivity contribution is 7.99. The number of aromatic carboxylic acids is 1. The molecule has 0 heterocycles. The maximum Gasteiger partial charge on any atom is 0.336 e. The maximum absolute atomic E-state index is 13.1. The lowest BCUT2D eigenvalue weighted by Gasteiger charge is -2.07. The van der Waals surface area contributed by atoms with Crippen molar-refractivity contribution in [1.82, 2.24) is 0 Å². The zero-order valence-corrected chi connectivity index (χ0v) is 11.7. The minimum atomic E-state index is -1.29. The van der Waals surface area contributed by atoms with Crippen molar-refractivity contribution in [3.63, 3.8) is 0 Å². The van der Waals surface area contributed by atoms with E-state index < -0.39 is 16.7 Å². The predicted octanol–water partition coefficient (Wildman–Crippen LogP) is 3.89. The number of nitro groups is 1. The Morgan fingerprint density at radius 3 is 2.52 bits per heavy atom. The molecule has 5 nitrogen and oxygen atoms in total. The van der Waals surface area contributed by atoms with Crippen LogP contribution in [0.5, 0.6) is 0 Å². The molecule has 0 saturated carbocycles. The topological polar surface area (TPSA) is 80.4 Å². The predicted molar refractivity (Wildman–Crippen MR) is 75.3 cm³/mol. The van der Waals surface area contributed by atoms with Crippen LogP contribution in [0.2, 0.25) is 0 Å². The third-order valence-electron chi connectivity index (χ3n) is 2.70. The van der Waals surface area contributed by atoms with Crippen LogP contribution >= 0.6 is 11.8 Å². The van der Waals surface area contributed by atoms with Crippen LogP contribution in [0.1, 0.15) is 15.9 Å². The number of nitrogens with zero attached hydrogens (tertiary/aromatic N) is 1. The van der Waals surface area contributed by atoms with Gasteiger partial charge in [0.15, 0.2) is 0 Å². The van der Waals surface area contributed by atoms with Gasteiger partial charge in [0.2, 0.25) is 0 Å². The third-order valence-corrected chi connectivity index (χ3v) is 3.84. The van der Waals surface area contributed by atoms with Gasteiger partial charge in [-0.2, -0.15) is 0 Å². The number of carboxylic acids is 1. The summed E-state index contributed by atoms with van der Waals surface area (Å²) in [5.74, 6) is -1.96. The Labute approximate surface area is 123 Å². The van der Waals surface area contributed by atoms with Gasteiger partial charge in [-0.1, -0.05) is 17.8 Å². The summed E-state index contributed by atoms with van der Waals surface area (Å²) in [5.41, 5.74) is 0.388. The number of aryl methyl sites for hydroxylation is 1. The number of carbonyl (C=O) groups is 1. The van der Waals surface area contributed by atoms with Gasteiger partial charge in [0, 0.05) is 11.0 Å². The average molecular weight is 307 g/mol. The second-order valence-corrected chi connectivity index (χ2v) is 5.36. The maximum atomic E-state index is 13.1. The normalized spacial score (nSPS) is 10.4. The standard InChI is InChI=1S/C14H10FNO4S/c1-8-2-4-13(11(6-8)16(19)20)21-12-5-3-9(15)7-10(12)14(17)18/h2-7H,1H3,(H,17,18). The second kappa shape index (κ2) is 5.92. The van der Waals surface area contributed by atoms with Crippen LogP contribution < -0.4 is 0 Å². The summed E-state index contributed by atoms with van der Waals surface area (Å²) in [6.45, 7) is 1.72. The van der Waals surface area contributed by atoms with Gasteiger partial charge < -0.3 is 5.11 Å². The molecular weight excluding hydrogens is 297 g/mol. The molecule has 2 aromatic carbocycles. The smallest absolute Gasteiger partial charge is 0.336 e. The van der Waals surface area contributed by atoms with Crippen LogP contribution in [0.3, 0.4) is 0 Å². The van der Waals surface area contributed by atoms with Gasteiger partial charge in [-0.25, -0.2) is 9.18 Å². The largest absolute Gasteiger partial charge is 0.478 e. The first kappa shape index (κ1) is 15.0. The van der Waals surface area contributed by atoms with E-state index in [1.165, 1.54) is 12.1 Å². The summed E-state index contributed by atoms with van der Waals surface area (Å²) in [4.78, 5) is 22.2. The lowest BCUT2D eigenvalue weighted by molar-refractivity contribution is -0.387. The molecule has 21 heavy (non-hydrogen) atoms. The molecule has 0 amide bonds. The molecule has 0 aromatic heterocycles. The molecule has 0 fully saturated rings. The highest BCUT2D eigenvalue weighted by Gasteiger charge is 2.18. The molecule has 0 unspecified atom stereocenters. The van der Waals surface area contributed by atoms with Crippen molar-refractivity contribution in [3.05, 3.63) is 63.5 Å². The summed E-state index contributed by atoms with van der Waals surface area (Å²) in [7, 11) is 0. The van der Waals surface area contributed by atoms with Gasteiger partial charge in [0.1, 0.15) is 5.82 Å². The van der Waals surface area contributed by atoms with E-state index in [1.54, 1.807) is 19.1 Å². The zero-order valence-electron chi connectivity index (χ0n) is 10.9. The van der Waals surface area contributed by atoms with Crippen LogP contribution in [0, 0.1) is 22.9 Å². The lowest BCUT2D eigenvalue weighted by Crippen LogP contribution is -2.00. The van der Waals surface area contributed by atoms with E-state index in [9.17, 15) is 19.3 Å². The summed E-state index contributed by atoms with van der Waals surface area (Å²) in [6, 6.07) is 7.96. The van der Waals surface area contributed by atoms with E-state index in [-0.39, 0.29) is 16.1 Å². The quantitative estimate of drug-likeness (QED) is 0.684. The van der Waals surface area contributed by atoms with Gasteiger partial charge in [-0.3, -0.25) is 10.1 Å². The van der Waals surface area contributed by atoms with Crippen molar-refractivity contribution in [2.24, 2.45) is 0 Å². The van der Waals surface area contributed by atoms with Crippen molar-refractivity contribution in [3.8, 4) is 0 Å². The Bertz CT molecular complexity index is 671. The molecule has 0 aliphatic heterocycles. The number of carboxylic acid groups (broad SMARTS) is 1. The minimum absolute atomic E-state index is 0.110. The number of hydrogen-bond acceptors (Lipinski definition) is 4. The molecule has 1 N–H and O–H groups in total. The average Bonchev–Trinajstić information content (AvgIpc) is 2.42. The molecule has 7 heteroatoms. The molecule has 0 atom stereocenters. The minimum Gasteiger partial charge on any atom is -0.478 e. The van der Waals surface area contributed by atoms with Gasteiger partial charge >= 0.3 is 5.97 Å². The Morgan fingerprint density at radius 2 is 1.90 bits per heavy atom. The van der Waals surface area contributed by atoms with E-state index in [4.69, 9.17) is 5.11 Å². The monoisotopic (exact) mass is 307 g/mol. The van der Waals surface area contributed by atoms with Gasteiger partial charge in [-0.15, -0.1) is 0 Å². The second-order valence-electron chi connectivity index (χ2n) is 4.28. The Balaban J connectivity index is 2.48. The Kier molecular flexibility index (Phi) is 4.23. The number of hydrogen-bond donors (Lipinski definition) is 1. The number of rotatable bonds is 4. The Hall–Kier alpha value is -2.41. The summed E-state index contributed by atoms with van der Waals surface area (Å²) in [6.07, 6.45) is 0. The van der Waals surface area contributed by atoms with Crippen molar-refractivity contribution < 1.29 is 19.2 Å². The molecule has 2 aromatic rings. The van der Waals surface area contributed by atoms with E-state index in [0.29, 0.717) is 4.90 Å². The first-order valence-electron chi connectivity index (χ1n) is 5.84. The molecule has 0 radical (unpaired) electrons. The van der Waals surface area contributed by atoms with Gasteiger partial charge in [-0.05, 0) is 36.8 Å². The molecule has 0 bridgehead atoms. The van der Waals surface area contributed by atoms with E-state index in [0.717, 1.165) is 29.5 Å². The van der Waals surface area contributed by atoms with Crippen molar-refractivity contribution >= 4 is 23.4 Å². The number of nitro benzene ring substituents is 1. The molecule has 108 valence electrons. The van der Waals surface area contributed by atoms with Crippen LogP contribution in [0.25, 0.3) is 0 Å². The first-order chi connectivity index (χ1) is 9.88. The van der Waals surface area contributed by atoms with Crippen LogP contribution in [-0.4, -0.2) is 16.0 Å². The SMILES string of the molecule is Cc1ccc(Sc2ccc(F)cc2C(=O)O)c([N+](=O)[O-])c1. The fourth-order valence-corrected chi connectivity index (χ4v) is 2.74. The van der Waals surface area contributed by atoms with Crippen LogP contribution in [0.4, 0.5) is 10.1 Å². The van der Waals surface area contributed by atoms with Crippen molar-refractivity contribution in [2.45, 2.75) is 16.7 Å². The fourth-order valence-electron chi connectivity index (χ4n) is 1.73. The van der Waals surface area contributed by atoms with Gasteiger partial charge in [0.05, 0.1) is 15.4 Å². The van der Waals surface area contributed by atoms with Crippen LogP contribution in [0.15, 0.2) is 46.2 Å². The summed E-state index contributed by atoms with van der Waals surface area (Å²) < 4.78 is 13.1. The van der Waals surface area contributed by atoms with E-state index in [2.05, 4.69) is 0 Å². The first-order valence-corrected chi connectivity index (χ1v) is 6.66. The molecule has 0 aliphatic carbocycles. The highest BCUT2D eigenvalue weighted by atomic mass is 32.2. The number of benzene rings is 2. The van der Waals surface area contributed by atoms with Gasteiger partial charge in [0.25, 0.3) is 5.69 Å². The Morgan fingerprint density at radius 1 is 1.24 bits per heavy atom. The third kappa shape index (κ3) is 3.38. The number of halogens is 1. The molecule has 2 rings (SSSR count). The molecule has 0 saturated heterocycles. The molecule has 0 spiro atoms. The van der Waals surface area contributed by atoms with E-state index in [1.807, 2.05) is 0 Å². The zero-order chi connectivity index (χ0) is 15.6. The summed E-state index contributed by atoms with van der Waals surface area (Å²) in [5, 5.41) is 20.1. The van der Waals surface area contributed by atoms with Crippen molar-refractivity contribution in [2.75, 3.05) is 0 Å². The highest BCUT2D eigenvalue weighted by Crippen LogP contribution is 2.37. The van der Waals surface area contributed by atoms with Crippen LogP contribution in [-0.2, 0) is 0 Å². The lowest BCUT2D eigenvalue weighted by atomic mass is 10.2. The molecular formula is C14H10FNO4S.